The predicted molar refractivity (Wildman–Crippen MR) is 67.5 cm³/mol. The molecule has 104 valence electrons. The van der Waals surface area contributed by atoms with Crippen LogP contribution in [0.25, 0.3) is 0 Å². The number of amides is 1. The Kier molecular flexibility index (Phi) is 5.23. The van der Waals surface area contributed by atoms with Crippen molar-refractivity contribution in [2.45, 2.75) is 13.8 Å². The third kappa shape index (κ3) is 4.53. The van der Waals surface area contributed by atoms with E-state index in [2.05, 4.69) is 15.6 Å². The molecule has 0 saturated heterocycles. The summed E-state index contributed by atoms with van der Waals surface area (Å²) in [5, 5.41) is 13.8. The Morgan fingerprint density at radius 3 is 2.74 bits per heavy atom. The molecule has 19 heavy (non-hydrogen) atoms. The lowest BCUT2D eigenvalue weighted by Gasteiger charge is -2.10. The Labute approximate surface area is 110 Å². The third-order valence-corrected chi connectivity index (χ3v) is 2.24. The molecule has 0 radical (unpaired) electrons. The van der Waals surface area contributed by atoms with Gasteiger partial charge in [0.05, 0.1) is 6.54 Å². The van der Waals surface area contributed by atoms with Gasteiger partial charge < -0.3 is 15.7 Å². The first-order valence-electron chi connectivity index (χ1n) is 5.80. The topological polar surface area (TPSA) is 91.3 Å². The fourth-order valence-electron chi connectivity index (χ4n) is 1.28. The lowest BCUT2D eigenvalue weighted by molar-refractivity contribution is -0.119. The number of rotatable bonds is 6. The van der Waals surface area contributed by atoms with Crippen molar-refractivity contribution in [2.24, 2.45) is 5.92 Å². The van der Waals surface area contributed by atoms with Gasteiger partial charge in [0, 0.05) is 12.7 Å². The minimum absolute atomic E-state index is 0.167. The summed E-state index contributed by atoms with van der Waals surface area (Å²) in [6, 6.07) is 1.06. The summed E-state index contributed by atoms with van der Waals surface area (Å²) in [6.45, 7) is 4.25. The number of nitrogens with one attached hydrogen (secondary N) is 2. The van der Waals surface area contributed by atoms with Gasteiger partial charge in [-0.25, -0.2) is 14.2 Å². The monoisotopic (exact) mass is 269 g/mol. The molecule has 0 spiro atoms. The van der Waals surface area contributed by atoms with Crippen molar-refractivity contribution in [1.82, 2.24) is 10.3 Å². The molecule has 1 heterocycles. The fourth-order valence-corrected chi connectivity index (χ4v) is 1.28. The van der Waals surface area contributed by atoms with Crippen molar-refractivity contribution in [3.05, 3.63) is 23.6 Å². The molecule has 1 aromatic heterocycles. The molecule has 7 heteroatoms. The highest BCUT2D eigenvalue weighted by Gasteiger charge is 2.15. The number of hydrogen-bond acceptors (Lipinski definition) is 4. The molecule has 0 aromatic carbocycles. The van der Waals surface area contributed by atoms with E-state index in [0.717, 1.165) is 6.07 Å². The second-order valence-corrected chi connectivity index (χ2v) is 4.38. The summed E-state index contributed by atoms with van der Waals surface area (Å²) in [6.07, 6.45) is 1.17. The van der Waals surface area contributed by atoms with Crippen molar-refractivity contribution >= 4 is 17.7 Å². The van der Waals surface area contributed by atoms with E-state index in [-0.39, 0.29) is 18.3 Å². The Morgan fingerprint density at radius 1 is 1.47 bits per heavy atom. The van der Waals surface area contributed by atoms with Crippen LogP contribution in [0.1, 0.15) is 24.2 Å². The molecule has 1 aromatic rings. The minimum Gasteiger partial charge on any atom is -0.478 e. The van der Waals surface area contributed by atoms with Gasteiger partial charge in [-0.2, -0.15) is 0 Å². The van der Waals surface area contributed by atoms with Crippen molar-refractivity contribution in [1.29, 1.82) is 0 Å². The lowest BCUT2D eigenvalue weighted by Crippen LogP contribution is -2.32. The molecular weight excluding hydrogens is 253 g/mol. The van der Waals surface area contributed by atoms with E-state index in [9.17, 15) is 14.0 Å². The summed E-state index contributed by atoms with van der Waals surface area (Å²) in [4.78, 5) is 25.8. The van der Waals surface area contributed by atoms with Gasteiger partial charge in [0.2, 0.25) is 5.91 Å². The molecule has 0 atom stereocenters. The van der Waals surface area contributed by atoms with Gasteiger partial charge in [0.15, 0.2) is 11.6 Å². The number of carboxylic acid groups (broad SMARTS) is 1. The van der Waals surface area contributed by atoms with Crippen molar-refractivity contribution in [3.63, 3.8) is 0 Å². The molecule has 0 aliphatic heterocycles. The van der Waals surface area contributed by atoms with Crippen LogP contribution in [0.4, 0.5) is 10.2 Å². The van der Waals surface area contributed by atoms with E-state index in [1.165, 1.54) is 6.20 Å². The summed E-state index contributed by atoms with van der Waals surface area (Å²) in [5.41, 5.74) is -0.486. The van der Waals surface area contributed by atoms with E-state index < -0.39 is 17.3 Å². The van der Waals surface area contributed by atoms with Crippen molar-refractivity contribution in [3.8, 4) is 0 Å². The minimum atomic E-state index is -1.38. The number of aromatic carboxylic acids is 1. The summed E-state index contributed by atoms with van der Waals surface area (Å²) in [5.74, 6) is -2.61. The highest BCUT2D eigenvalue weighted by molar-refractivity contribution is 5.89. The van der Waals surface area contributed by atoms with Gasteiger partial charge in [-0.15, -0.1) is 0 Å². The van der Waals surface area contributed by atoms with Crippen molar-refractivity contribution < 1.29 is 19.1 Å². The lowest BCUT2D eigenvalue weighted by atomic mass is 10.2. The van der Waals surface area contributed by atoms with Crippen LogP contribution >= 0.6 is 0 Å². The van der Waals surface area contributed by atoms with Crippen LogP contribution in [-0.2, 0) is 4.79 Å². The van der Waals surface area contributed by atoms with Gasteiger partial charge in [0.1, 0.15) is 5.56 Å². The quantitative estimate of drug-likeness (QED) is 0.719. The number of carbonyl (C=O) groups is 2. The van der Waals surface area contributed by atoms with Gasteiger partial charge in [0.25, 0.3) is 0 Å². The van der Waals surface area contributed by atoms with Crippen molar-refractivity contribution in [2.75, 3.05) is 18.4 Å². The van der Waals surface area contributed by atoms with Crippen LogP contribution in [0.3, 0.4) is 0 Å². The molecule has 0 aliphatic carbocycles. The van der Waals surface area contributed by atoms with Gasteiger partial charge >= 0.3 is 5.97 Å². The van der Waals surface area contributed by atoms with Crippen LogP contribution in [0.5, 0.6) is 0 Å². The highest BCUT2D eigenvalue weighted by atomic mass is 19.1. The van der Waals surface area contributed by atoms with E-state index in [0.29, 0.717) is 12.5 Å². The van der Waals surface area contributed by atoms with E-state index in [4.69, 9.17) is 5.11 Å². The SMILES string of the molecule is CC(C)CNC(=O)CNc1nccc(C(=O)O)c1F. The average molecular weight is 269 g/mol. The maximum Gasteiger partial charge on any atom is 0.338 e. The smallest absolute Gasteiger partial charge is 0.338 e. The summed E-state index contributed by atoms with van der Waals surface area (Å²) >= 11 is 0. The number of aromatic nitrogens is 1. The number of anilines is 1. The Bertz CT molecular complexity index is 477. The first-order valence-corrected chi connectivity index (χ1v) is 5.80. The first kappa shape index (κ1) is 14.9. The molecule has 0 bridgehead atoms. The maximum atomic E-state index is 13.7. The molecular formula is C12H16FN3O3. The number of hydrogen-bond donors (Lipinski definition) is 3. The second kappa shape index (κ2) is 6.67. The van der Waals surface area contributed by atoms with E-state index >= 15 is 0 Å². The summed E-state index contributed by atoms with van der Waals surface area (Å²) < 4.78 is 13.7. The molecule has 0 fully saturated rings. The molecule has 0 aliphatic rings. The molecule has 3 N–H and O–H groups in total. The third-order valence-electron chi connectivity index (χ3n) is 2.24. The largest absolute Gasteiger partial charge is 0.478 e. The van der Waals surface area contributed by atoms with E-state index in [1.807, 2.05) is 13.8 Å². The van der Waals surface area contributed by atoms with Crippen LogP contribution in [0.2, 0.25) is 0 Å². The Hall–Kier alpha value is -2.18. The number of carbonyl (C=O) groups excluding carboxylic acids is 1. The first-order chi connectivity index (χ1) is 8.91. The molecule has 1 rings (SSSR count). The molecule has 6 nitrogen and oxygen atoms in total. The van der Waals surface area contributed by atoms with Crippen LogP contribution in [0.15, 0.2) is 12.3 Å². The normalized spacial score (nSPS) is 10.3. The van der Waals surface area contributed by atoms with E-state index in [1.54, 1.807) is 0 Å². The molecule has 1 amide bonds. The zero-order valence-corrected chi connectivity index (χ0v) is 10.7. The van der Waals surface area contributed by atoms with Crippen LogP contribution < -0.4 is 10.6 Å². The molecule has 0 saturated carbocycles. The maximum absolute atomic E-state index is 13.7. The Balaban J connectivity index is 2.61. The zero-order valence-electron chi connectivity index (χ0n) is 10.7. The van der Waals surface area contributed by atoms with Crippen LogP contribution in [0, 0.1) is 11.7 Å². The second-order valence-electron chi connectivity index (χ2n) is 4.38. The van der Waals surface area contributed by atoms with Gasteiger partial charge in [-0.3, -0.25) is 4.79 Å². The molecule has 0 unspecified atom stereocenters. The standard InChI is InChI=1S/C12H16FN3O3/c1-7(2)5-15-9(17)6-16-11-10(13)8(12(18)19)3-4-14-11/h3-4,7H,5-6H2,1-2H3,(H,14,16)(H,15,17)(H,18,19). The number of nitrogens with zero attached hydrogens (tertiary/aromatic N) is 1. The Morgan fingerprint density at radius 2 is 2.16 bits per heavy atom. The van der Waals surface area contributed by atoms with Crippen LogP contribution in [-0.4, -0.2) is 35.1 Å². The zero-order chi connectivity index (χ0) is 14.4. The number of halogens is 1. The highest BCUT2D eigenvalue weighted by Crippen LogP contribution is 2.14. The average Bonchev–Trinajstić information content (AvgIpc) is 2.34. The number of carboxylic acids is 1. The van der Waals surface area contributed by atoms with Gasteiger partial charge in [-0.1, -0.05) is 13.8 Å². The fraction of sp³-hybridized carbons (Fsp3) is 0.417. The summed E-state index contributed by atoms with van der Waals surface area (Å²) in [7, 11) is 0. The number of pyridine rings is 1. The van der Waals surface area contributed by atoms with Gasteiger partial charge in [-0.05, 0) is 12.0 Å². The predicted octanol–water partition coefficient (Wildman–Crippen LogP) is 1.10.